The van der Waals surface area contributed by atoms with Gasteiger partial charge in [-0.2, -0.15) is 0 Å². The highest BCUT2D eigenvalue weighted by atomic mass is 79.9. The number of halogens is 1. The number of benzene rings is 1. The van der Waals surface area contributed by atoms with E-state index in [1.165, 1.54) is 11.1 Å². The molecular weight excluding hydrogens is 296 g/mol. The first-order valence-corrected chi connectivity index (χ1v) is 7.16. The summed E-state index contributed by atoms with van der Waals surface area (Å²) in [6, 6.07) is 6.23. The molecule has 1 unspecified atom stereocenters. The van der Waals surface area contributed by atoms with Crippen molar-refractivity contribution in [3.63, 3.8) is 0 Å². The molecule has 4 heteroatoms. The highest BCUT2D eigenvalue weighted by molar-refractivity contribution is 9.10. The molecule has 0 radical (unpaired) electrons. The van der Waals surface area contributed by atoms with Crippen LogP contribution in [0.1, 0.15) is 27.9 Å². The van der Waals surface area contributed by atoms with Gasteiger partial charge in [-0.3, -0.25) is 0 Å². The van der Waals surface area contributed by atoms with Crippen molar-refractivity contribution in [3.8, 4) is 0 Å². The van der Waals surface area contributed by atoms with Crippen molar-refractivity contribution in [1.29, 1.82) is 0 Å². The van der Waals surface area contributed by atoms with E-state index in [1.54, 1.807) is 11.3 Å². The number of hydrogen-bond donors (Lipinski definition) is 1. The first-order valence-electron chi connectivity index (χ1n) is 5.49. The molecule has 1 aromatic heterocycles. The standard InChI is InChI=1S/C13H15BrN2S/c1-8-3-4-10(14)5-12(8)13(15)6-11-7-17-9(2)16-11/h3-5,7,13H,6,15H2,1-2H3. The van der Waals surface area contributed by atoms with Crippen molar-refractivity contribution in [1.82, 2.24) is 4.98 Å². The van der Waals surface area contributed by atoms with Gasteiger partial charge in [-0.1, -0.05) is 22.0 Å². The zero-order valence-electron chi connectivity index (χ0n) is 9.90. The maximum atomic E-state index is 6.25. The number of rotatable bonds is 3. The van der Waals surface area contributed by atoms with E-state index < -0.39 is 0 Å². The van der Waals surface area contributed by atoms with Gasteiger partial charge in [0.25, 0.3) is 0 Å². The zero-order valence-corrected chi connectivity index (χ0v) is 12.3. The average Bonchev–Trinajstić information content (AvgIpc) is 2.67. The van der Waals surface area contributed by atoms with Crippen molar-refractivity contribution in [2.75, 3.05) is 0 Å². The fourth-order valence-corrected chi connectivity index (χ4v) is 2.85. The van der Waals surface area contributed by atoms with Crippen molar-refractivity contribution in [2.45, 2.75) is 26.3 Å². The molecule has 1 heterocycles. The minimum atomic E-state index is 0.00833. The van der Waals surface area contributed by atoms with Crippen molar-refractivity contribution in [3.05, 3.63) is 49.9 Å². The van der Waals surface area contributed by atoms with Gasteiger partial charge in [0.1, 0.15) is 0 Å². The molecule has 0 amide bonds. The van der Waals surface area contributed by atoms with E-state index in [2.05, 4.69) is 45.4 Å². The van der Waals surface area contributed by atoms with E-state index in [1.807, 2.05) is 13.0 Å². The smallest absolute Gasteiger partial charge is 0.0897 e. The first kappa shape index (κ1) is 12.7. The topological polar surface area (TPSA) is 38.9 Å². The molecule has 0 aliphatic carbocycles. The molecule has 90 valence electrons. The minimum absolute atomic E-state index is 0.00833. The number of nitrogens with zero attached hydrogens (tertiary/aromatic N) is 1. The third kappa shape index (κ3) is 3.15. The molecule has 0 aliphatic heterocycles. The van der Waals surface area contributed by atoms with Gasteiger partial charge in [0.05, 0.1) is 10.7 Å². The fraction of sp³-hybridized carbons (Fsp3) is 0.308. The van der Waals surface area contributed by atoms with Gasteiger partial charge in [-0.15, -0.1) is 11.3 Å². The molecule has 0 saturated heterocycles. The number of aromatic nitrogens is 1. The summed E-state index contributed by atoms with van der Waals surface area (Å²) in [4.78, 5) is 4.46. The number of thiazole rings is 1. The molecule has 0 saturated carbocycles. The van der Waals surface area contributed by atoms with E-state index >= 15 is 0 Å². The summed E-state index contributed by atoms with van der Waals surface area (Å²) in [5.41, 5.74) is 9.75. The van der Waals surface area contributed by atoms with Crippen LogP contribution in [0.15, 0.2) is 28.1 Å². The lowest BCUT2D eigenvalue weighted by Crippen LogP contribution is -2.15. The normalized spacial score (nSPS) is 12.7. The van der Waals surface area contributed by atoms with Gasteiger partial charge in [0.2, 0.25) is 0 Å². The molecular formula is C13H15BrN2S. The van der Waals surface area contributed by atoms with E-state index in [4.69, 9.17) is 5.73 Å². The van der Waals surface area contributed by atoms with Crippen LogP contribution in [0.25, 0.3) is 0 Å². The van der Waals surface area contributed by atoms with Crippen LogP contribution in [0.2, 0.25) is 0 Å². The molecule has 0 bridgehead atoms. The first-order chi connectivity index (χ1) is 8.06. The molecule has 0 aliphatic rings. The summed E-state index contributed by atoms with van der Waals surface area (Å²) >= 11 is 5.16. The maximum absolute atomic E-state index is 6.25. The Hall–Kier alpha value is -0.710. The van der Waals surface area contributed by atoms with Crippen LogP contribution in [0.5, 0.6) is 0 Å². The van der Waals surface area contributed by atoms with Gasteiger partial charge in [0.15, 0.2) is 0 Å². The monoisotopic (exact) mass is 310 g/mol. The molecule has 17 heavy (non-hydrogen) atoms. The highest BCUT2D eigenvalue weighted by Crippen LogP contribution is 2.24. The number of hydrogen-bond acceptors (Lipinski definition) is 3. The Labute approximate surface area is 114 Å². The Bertz CT molecular complexity index is 522. The Morgan fingerprint density at radius 2 is 2.18 bits per heavy atom. The maximum Gasteiger partial charge on any atom is 0.0897 e. The zero-order chi connectivity index (χ0) is 12.4. The van der Waals surface area contributed by atoms with Gasteiger partial charge in [0, 0.05) is 22.3 Å². The Kier molecular flexibility index (Phi) is 3.97. The largest absolute Gasteiger partial charge is 0.324 e. The predicted octanol–water partition coefficient (Wildman–Crippen LogP) is 3.76. The van der Waals surface area contributed by atoms with Gasteiger partial charge in [-0.05, 0) is 37.1 Å². The van der Waals surface area contributed by atoms with Crippen molar-refractivity contribution in [2.24, 2.45) is 5.73 Å². The summed E-state index contributed by atoms with van der Waals surface area (Å²) < 4.78 is 1.07. The van der Waals surface area contributed by atoms with Crippen LogP contribution < -0.4 is 5.73 Å². The van der Waals surface area contributed by atoms with Crippen LogP contribution in [0, 0.1) is 13.8 Å². The Balaban J connectivity index is 2.19. The lowest BCUT2D eigenvalue weighted by atomic mass is 9.99. The lowest BCUT2D eigenvalue weighted by molar-refractivity contribution is 0.703. The van der Waals surface area contributed by atoms with Crippen molar-refractivity contribution < 1.29 is 0 Å². The van der Waals surface area contributed by atoms with Gasteiger partial charge in [-0.25, -0.2) is 4.98 Å². The van der Waals surface area contributed by atoms with E-state index in [9.17, 15) is 0 Å². The molecule has 0 spiro atoms. The van der Waals surface area contributed by atoms with Crippen molar-refractivity contribution >= 4 is 27.3 Å². The predicted molar refractivity (Wildman–Crippen MR) is 76.4 cm³/mol. The number of aryl methyl sites for hydroxylation is 2. The van der Waals surface area contributed by atoms with E-state index in [-0.39, 0.29) is 6.04 Å². The molecule has 1 atom stereocenters. The lowest BCUT2D eigenvalue weighted by Gasteiger charge is -2.14. The average molecular weight is 311 g/mol. The molecule has 2 nitrogen and oxygen atoms in total. The minimum Gasteiger partial charge on any atom is -0.324 e. The summed E-state index contributed by atoms with van der Waals surface area (Å²) in [7, 11) is 0. The number of nitrogens with two attached hydrogens (primary N) is 1. The van der Waals surface area contributed by atoms with E-state index in [0.29, 0.717) is 0 Å². The summed E-state index contributed by atoms with van der Waals surface area (Å²) in [6.07, 6.45) is 0.793. The second-order valence-corrected chi connectivity index (χ2v) is 6.15. The van der Waals surface area contributed by atoms with Crippen LogP contribution in [0.3, 0.4) is 0 Å². The molecule has 1 aromatic carbocycles. The Morgan fingerprint density at radius 1 is 1.41 bits per heavy atom. The second-order valence-electron chi connectivity index (χ2n) is 4.17. The van der Waals surface area contributed by atoms with Crippen LogP contribution in [-0.2, 0) is 6.42 Å². The fourth-order valence-electron chi connectivity index (χ4n) is 1.85. The second kappa shape index (κ2) is 5.29. The molecule has 2 aromatic rings. The molecule has 2 N–H and O–H groups in total. The third-order valence-electron chi connectivity index (χ3n) is 2.74. The molecule has 0 fully saturated rings. The third-order valence-corrected chi connectivity index (χ3v) is 4.05. The van der Waals surface area contributed by atoms with Gasteiger partial charge < -0.3 is 5.73 Å². The van der Waals surface area contributed by atoms with E-state index in [0.717, 1.165) is 21.6 Å². The summed E-state index contributed by atoms with van der Waals surface area (Å²) in [5, 5.41) is 3.18. The van der Waals surface area contributed by atoms with Crippen LogP contribution in [0.4, 0.5) is 0 Å². The quantitative estimate of drug-likeness (QED) is 0.937. The van der Waals surface area contributed by atoms with Crippen LogP contribution >= 0.6 is 27.3 Å². The van der Waals surface area contributed by atoms with Gasteiger partial charge >= 0.3 is 0 Å². The summed E-state index contributed by atoms with van der Waals surface area (Å²) in [6.45, 7) is 4.11. The highest BCUT2D eigenvalue weighted by Gasteiger charge is 2.12. The summed E-state index contributed by atoms with van der Waals surface area (Å²) in [5.74, 6) is 0. The van der Waals surface area contributed by atoms with Crippen LogP contribution in [-0.4, -0.2) is 4.98 Å². The molecule has 2 rings (SSSR count). The Morgan fingerprint density at radius 3 is 2.82 bits per heavy atom. The SMILES string of the molecule is Cc1nc(CC(N)c2cc(Br)ccc2C)cs1.